The zero-order chi connectivity index (χ0) is 9.10. The lowest BCUT2D eigenvalue weighted by Gasteiger charge is -2.25. The van der Waals surface area contributed by atoms with Gasteiger partial charge >= 0.3 is 0 Å². The van der Waals surface area contributed by atoms with Crippen LogP contribution in [0.5, 0.6) is 0 Å². The van der Waals surface area contributed by atoms with E-state index in [4.69, 9.17) is 10.2 Å². The maximum Gasteiger partial charge on any atom is 0.292 e. The van der Waals surface area contributed by atoms with E-state index >= 15 is 0 Å². The normalized spacial score (nSPS) is 19.1. The standard InChI is InChI=1S/C9H15N3O/c10-9-11-8(7-13-9)6-12-4-2-1-3-5-12/h7H,1-6H2,(H2,10,11). The molecule has 0 aromatic carbocycles. The molecule has 0 saturated carbocycles. The van der Waals surface area contributed by atoms with Crippen LogP contribution in [0.2, 0.25) is 0 Å². The molecule has 2 N–H and O–H groups in total. The van der Waals surface area contributed by atoms with Crippen molar-refractivity contribution < 1.29 is 4.42 Å². The molecule has 1 fully saturated rings. The van der Waals surface area contributed by atoms with Crippen LogP contribution in [0.25, 0.3) is 0 Å². The average Bonchev–Trinajstić information content (AvgIpc) is 2.53. The van der Waals surface area contributed by atoms with Gasteiger partial charge in [-0.2, -0.15) is 4.98 Å². The molecule has 0 amide bonds. The van der Waals surface area contributed by atoms with Gasteiger partial charge < -0.3 is 10.2 Å². The van der Waals surface area contributed by atoms with Crippen LogP contribution in [-0.4, -0.2) is 23.0 Å². The van der Waals surface area contributed by atoms with E-state index in [9.17, 15) is 0 Å². The molecule has 1 aromatic rings. The van der Waals surface area contributed by atoms with Crippen molar-refractivity contribution in [3.8, 4) is 0 Å². The number of oxazole rings is 1. The fourth-order valence-electron chi connectivity index (χ4n) is 1.74. The molecule has 0 bridgehead atoms. The summed E-state index contributed by atoms with van der Waals surface area (Å²) in [6, 6.07) is 0.270. The minimum Gasteiger partial charge on any atom is -0.432 e. The number of nitrogen functional groups attached to an aromatic ring is 1. The highest BCUT2D eigenvalue weighted by Gasteiger charge is 2.11. The quantitative estimate of drug-likeness (QED) is 0.745. The smallest absolute Gasteiger partial charge is 0.292 e. The maximum atomic E-state index is 5.39. The van der Waals surface area contributed by atoms with Crippen molar-refractivity contribution in [3.05, 3.63) is 12.0 Å². The molecule has 0 unspecified atom stereocenters. The molecule has 4 nitrogen and oxygen atoms in total. The van der Waals surface area contributed by atoms with E-state index in [0.29, 0.717) is 0 Å². The first-order valence-corrected chi connectivity index (χ1v) is 4.77. The third-order valence-corrected chi connectivity index (χ3v) is 2.40. The molecule has 72 valence electrons. The van der Waals surface area contributed by atoms with Crippen LogP contribution in [0.15, 0.2) is 10.7 Å². The highest BCUT2D eigenvalue weighted by molar-refractivity contribution is 5.12. The monoisotopic (exact) mass is 181 g/mol. The highest BCUT2D eigenvalue weighted by Crippen LogP contribution is 2.12. The number of piperidine rings is 1. The van der Waals surface area contributed by atoms with Crippen LogP contribution in [-0.2, 0) is 6.54 Å². The molecule has 13 heavy (non-hydrogen) atoms. The third kappa shape index (κ3) is 2.21. The Labute approximate surface area is 77.7 Å². The number of nitrogens with zero attached hydrogens (tertiary/aromatic N) is 2. The molecular formula is C9H15N3O. The van der Waals surface area contributed by atoms with Crippen LogP contribution in [0.1, 0.15) is 25.0 Å². The summed E-state index contributed by atoms with van der Waals surface area (Å²) in [7, 11) is 0. The van der Waals surface area contributed by atoms with Gasteiger partial charge in [-0.15, -0.1) is 0 Å². The van der Waals surface area contributed by atoms with Crippen molar-refractivity contribution >= 4 is 6.01 Å². The average molecular weight is 181 g/mol. The molecule has 0 spiro atoms. The number of aromatic nitrogens is 1. The number of likely N-dealkylation sites (tertiary alicyclic amines) is 1. The van der Waals surface area contributed by atoms with Gasteiger partial charge in [-0.05, 0) is 25.9 Å². The van der Waals surface area contributed by atoms with Crippen molar-refractivity contribution in [1.82, 2.24) is 9.88 Å². The van der Waals surface area contributed by atoms with E-state index in [0.717, 1.165) is 12.2 Å². The Hall–Kier alpha value is -1.03. The van der Waals surface area contributed by atoms with E-state index in [-0.39, 0.29) is 6.01 Å². The summed E-state index contributed by atoms with van der Waals surface area (Å²) in [6.07, 6.45) is 5.60. The molecule has 4 heteroatoms. The van der Waals surface area contributed by atoms with Crippen LogP contribution in [0.3, 0.4) is 0 Å². The third-order valence-electron chi connectivity index (χ3n) is 2.40. The Kier molecular flexibility index (Phi) is 2.49. The van der Waals surface area contributed by atoms with Gasteiger partial charge in [0.15, 0.2) is 0 Å². The first kappa shape index (κ1) is 8.56. The number of hydrogen-bond donors (Lipinski definition) is 1. The minimum atomic E-state index is 0.270. The molecule has 0 atom stereocenters. The van der Waals surface area contributed by atoms with Crippen molar-refractivity contribution in [2.75, 3.05) is 18.8 Å². The van der Waals surface area contributed by atoms with Gasteiger partial charge in [0.05, 0.1) is 5.69 Å². The SMILES string of the molecule is Nc1nc(CN2CCCCC2)co1. The van der Waals surface area contributed by atoms with Crippen molar-refractivity contribution in [2.45, 2.75) is 25.8 Å². The largest absolute Gasteiger partial charge is 0.432 e. The predicted molar refractivity (Wildman–Crippen MR) is 50.0 cm³/mol. The molecule has 1 saturated heterocycles. The Morgan fingerprint density at radius 3 is 2.77 bits per heavy atom. The van der Waals surface area contributed by atoms with E-state index < -0.39 is 0 Å². The number of rotatable bonds is 2. The molecule has 1 aromatic heterocycles. The maximum absolute atomic E-state index is 5.39. The van der Waals surface area contributed by atoms with Gasteiger partial charge in [0.2, 0.25) is 0 Å². The van der Waals surface area contributed by atoms with Gasteiger partial charge in [-0.25, -0.2) is 0 Å². The number of hydrogen-bond acceptors (Lipinski definition) is 4. The van der Waals surface area contributed by atoms with Gasteiger partial charge in [-0.3, -0.25) is 4.90 Å². The van der Waals surface area contributed by atoms with E-state index in [1.807, 2.05) is 0 Å². The lowest BCUT2D eigenvalue weighted by Crippen LogP contribution is -2.29. The van der Waals surface area contributed by atoms with Gasteiger partial charge in [0.1, 0.15) is 6.26 Å². The Bertz CT molecular complexity index is 266. The fraction of sp³-hybridized carbons (Fsp3) is 0.667. The van der Waals surface area contributed by atoms with E-state index in [1.165, 1.54) is 32.4 Å². The minimum absolute atomic E-state index is 0.270. The highest BCUT2D eigenvalue weighted by atomic mass is 16.4. The molecule has 1 aliphatic heterocycles. The Morgan fingerprint density at radius 2 is 2.15 bits per heavy atom. The lowest BCUT2D eigenvalue weighted by molar-refractivity contribution is 0.218. The molecule has 1 aliphatic rings. The summed E-state index contributed by atoms with van der Waals surface area (Å²) in [5.74, 6) is 0. The second-order valence-electron chi connectivity index (χ2n) is 3.51. The van der Waals surface area contributed by atoms with Crippen molar-refractivity contribution in [3.63, 3.8) is 0 Å². The zero-order valence-electron chi connectivity index (χ0n) is 7.70. The Morgan fingerprint density at radius 1 is 1.38 bits per heavy atom. The molecular weight excluding hydrogens is 166 g/mol. The first-order chi connectivity index (χ1) is 6.34. The molecule has 2 heterocycles. The summed E-state index contributed by atoms with van der Waals surface area (Å²) in [5, 5.41) is 0. The van der Waals surface area contributed by atoms with Crippen LogP contribution < -0.4 is 5.73 Å². The van der Waals surface area contributed by atoms with Crippen molar-refractivity contribution in [1.29, 1.82) is 0 Å². The summed E-state index contributed by atoms with van der Waals surface area (Å²) in [4.78, 5) is 6.46. The first-order valence-electron chi connectivity index (χ1n) is 4.77. The van der Waals surface area contributed by atoms with Crippen LogP contribution in [0.4, 0.5) is 6.01 Å². The van der Waals surface area contributed by atoms with E-state index in [1.54, 1.807) is 6.26 Å². The van der Waals surface area contributed by atoms with Crippen LogP contribution >= 0.6 is 0 Å². The van der Waals surface area contributed by atoms with Crippen molar-refractivity contribution in [2.24, 2.45) is 0 Å². The molecule has 2 rings (SSSR count). The topological polar surface area (TPSA) is 55.3 Å². The summed E-state index contributed by atoms with van der Waals surface area (Å²) in [6.45, 7) is 3.22. The lowest BCUT2D eigenvalue weighted by atomic mass is 10.1. The number of anilines is 1. The Balaban J connectivity index is 1.89. The van der Waals surface area contributed by atoms with Gasteiger partial charge in [0.25, 0.3) is 6.01 Å². The van der Waals surface area contributed by atoms with Gasteiger partial charge in [0, 0.05) is 6.54 Å². The summed E-state index contributed by atoms with van der Waals surface area (Å²) < 4.78 is 4.95. The zero-order valence-corrected chi connectivity index (χ0v) is 7.70. The van der Waals surface area contributed by atoms with Gasteiger partial charge in [-0.1, -0.05) is 6.42 Å². The molecule has 0 aliphatic carbocycles. The number of nitrogens with two attached hydrogens (primary N) is 1. The molecule has 0 radical (unpaired) electrons. The summed E-state index contributed by atoms with van der Waals surface area (Å²) >= 11 is 0. The van der Waals surface area contributed by atoms with Crippen LogP contribution in [0, 0.1) is 0 Å². The second-order valence-corrected chi connectivity index (χ2v) is 3.51. The predicted octanol–water partition coefficient (Wildman–Crippen LogP) is 1.24. The fourth-order valence-corrected chi connectivity index (χ4v) is 1.74. The van der Waals surface area contributed by atoms with E-state index in [2.05, 4.69) is 9.88 Å². The summed E-state index contributed by atoms with van der Waals surface area (Å²) in [5.41, 5.74) is 6.33. The second kappa shape index (κ2) is 3.79.